The van der Waals surface area contributed by atoms with Crippen molar-refractivity contribution in [2.24, 2.45) is 11.0 Å². The van der Waals surface area contributed by atoms with Crippen molar-refractivity contribution in [3.8, 4) is 0 Å². The Morgan fingerprint density at radius 1 is 1.09 bits per heavy atom. The van der Waals surface area contributed by atoms with Crippen molar-refractivity contribution in [2.75, 3.05) is 18.4 Å². The number of piperidine rings is 1. The minimum atomic E-state index is -0.685. The Hall–Kier alpha value is -3.36. The number of aromatic nitrogens is 1. The van der Waals surface area contributed by atoms with E-state index < -0.39 is 17.5 Å². The van der Waals surface area contributed by atoms with Gasteiger partial charge in [-0.1, -0.05) is 29.8 Å². The Balaban J connectivity index is 1.23. The molecule has 0 bridgehead atoms. The molecule has 2 N–H and O–H groups in total. The molecule has 1 fully saturated rings. The van der Waals surface area contributed by atoms with Crippen LogP contribution in [0, 0.1) is 17.6 Å². The highest BCUT2D eigenvalue weighted by Gasteiger charge is 2.18. The first-order valence-corrected chi connectivity index (χ1v) is 11.3. The average molecular weight is 484 g/mol. The Kier molecular flexibility index (Phi) is 7.82. The summed E-state index contributed by atoms with van der Waals surface area (Å²) in [6, 6.07) is 14.1. The fourth-order valence-corrected chi connectivity index (χ4v) is 3.98. The summed E-state index contributed by atoms with van der Waals surface area (Å²) in [5, 5.41) is 7.73. The number of hydrazone groups is 1. The van der Waals surface area contributed by atoms with E-state index in [1.807, 2.05) is 24.3 Å². The molecule has 0 unspecified atom stereocenters. The predicted octanol–water partition coefficient (Wildman–Crippen LogP) is 5.38. The third kappa shape index (κ3) is 6.59. The minimum Gasteiger partial charge on any atom is -0.354 e. The average Bonchev–Trinajstić information content (AvgIpc) is 2.81. The van der Waals surface area contributed by atoms with Crippen LogP contribution in [0.3, 0.4) is 0 Å². The zero-order chi connectivity index (χ0) is 23.9. The topological polar surface area (TPSA) is 69.6 Å². The van der Waals surface area contributed by atoms with Gasteiger partial charge in [-0.2, -0.15) is 5.10 Å². The van der Waals surface area contributed by atoms with Crippen LogP contribution in [0.25, 0.3) is 0 Å². The third-order valence-corrected chi connectivity index (χ3v) is 5.95. The normalized spacial score (nSPS) is 14.9. The molecule has 9 heteroatoms. The Morgan fingerprint density at radius 3 is 2.50 bits per heavy atom. The molecular weight excluding hydrogens is 460 g/mol. The van der Waals surface area contributed by atoms with Gasteiger partial charge in [0, 0.05) is 29.5 Å². The summed E-state index contributed by atoms with van der Waals surface area (Å²) in [7, 11) is 0. The maximum atomic E-state index is 13.3. The van der Waals surface area contributed by atoms with Crippen molar-refractivity contribution < 1.29 is 13.6 Å². The highest BCUT2D eigenvalue weighted by Crippen LogP contribution is 2.22. The Labute approximate surface area is 201 Å². The molecule has 1 aliphatic heterocycles. The number of nitrogens with one attached hydrogen (secondary N) is 2. The number of pyridine rings is 1. The lowest BCUT2D eigenvalue weighted by Gasteiger charge is -2.30. The van der Waals surface area contributed by atoms with Gasteiger partial charge in [-0.05, 0) is 67.7 Å². The van der Waals surface area contributed by atoms with E-state index in [0.717, 1.165) is 49.1 Å². The molecule has 0 aliphatic carbocycles. The number of carbonyl (C=O) groups is 1. The Morgan fingerprint density at radius 2 is 1.82 bits per heavy atom. The summed E-state index contributed by atoms with van der Waals surface area (Å²) >= 11 is 6.25. The van der Waals surface area contributed by atoms with E-state index in [1.165, 1.54) is 24.4 Å². The predicted molar refractivity (Wildman–Crippen MR) is 129 cm³/mol. The third-order valence-electron chi connectivity index (χ3n) is 5.58. The summed E-state index contributed by atoms with van der Waals surface area (Å²) in [6.07, 6.45) is 5.08. The molecule has 4 rings (SSSR count). The van der Waals surface area contributed by atoms with E-state index in [4.69, 9.17) is 11.6 Å². The number of hydrogen-bond acceptors (Lipinski definition) is 5. The molecule has 34 heavy (non-hydrogen) atoms. The first-order chi connectivity index (χ1) is 16.5. The molecule has 0 saturated carbocycles. The summed E-state index contributed by atoms with van der Waals surface area (Å²) in [6.45, 7) is 2.69. The molecule has 2 heterocycles. The first-order valence-electron chi connectivity index (χ1n) is 10.9. The van der Waals surface area contributed by atoms with Crippen LogP contribution in [0.2, 0.25) is 5.02 Å². The first kappa shape index (κ1) is 23.8. The van der Waals surface area contributed by atoms with Gasteiger partial charge in [0.15, 0.2) is 0 Å². The second-order valence-electron chi connectivity index (χ2n) is 8.14. The number of halogens is 3. The maximum absolute atomic E-state index is 13.3. The van der Waals surface area contributed by atoms with Crippen molar-refractivity contribution in [3.05, 3.63) is 88.7 Å². The molecule has 0 spiro atoms. The molecule has 6 nitrogen and oxygen atoms in total. The van der Waals surface area contributed by atoms with Crippen molar-refractivity contribution in [3.63, 3.8) is 0 Å². The monoisotopic (exact) mass is 483 g/mol. The molecule has 3 aromatic rings. The van der Waals surface area contributed by atoms with Gasteiger partial charge in [0.25, 0.3) is 5.91 Å². The lowest BCUT2D eigenvalue weighted by Crippen LogP contribution is -2.34. The van der Waals surface area contributed by atoms with Gasteiger partial charge < -0.3 is 5.32 Å². The van der Waals surface area contributed by atoms with Crippen molar-refractivity contribution in [2.45, 2.75) is 19.4 Å². The van der Waals surface area contributed by atoms with Gasteiger partial charge in [0.05, 0.1) is 11.9 Å². The van der Waals surface area contributed by atoms with Gasteiger partial charge in [0.2, 0.25) is 0 Å². The number of rotatable bonds is 7. The highest BCUT2D eigenvalue weighted by molar-refractivity contribution is 6.31. The molecular formula is C25H24ClF2N5O. The summed E-state index contributed by atoms with van der Waals surface area (Å²) in [5.41, 5.74) is 4.56. The standard InChI is InChI=1S/C25H24ClF2N5O/c26-23-4-2-1-3-18(23)16-33-9-7-17(8-10-33)14-30-32-25(34)24-6-5-21(15-29-24)31-22-12-19(27)11-20(28)13-22/h1-6,11-15,17,31H,7-10,16H2,(H,32,34)/b30-14+. The van der Waals surface area contributed by atoms with E-state index in [9.17, 15) is 13.6 Å². The zero-order valence-corrected chi connectivity index (χ0v) is 19.1. The number of anilines is 2. The lowest BCUT2D eigenvalue weighted by molar-refractivity contribution is 0.0950. The van der Waals surface area contributed by atoms with Gasteiger partial charge in [0.1, 0.15) is 17.3 Å². The number of carbonyl (C=O) groups excluding carboxylic acids is 1. The highest BCUT2D eigenvalue weighted by atomic mass is 35.5. The smallest absolute Gasteiger partial charge is 0.289 e. The maximum Gasteiger partial charge on any atom is 0.289 e. The summed E-state index contributed by atoms with van der Waals surface area (Å²) < 4.78 is 26.6. The zero-order valence-electron chi connectivity index (χ0n) is 18.3. The van der Waals surface area contributed by atoms with Crippen LogP contribution < -0.4 is 10.7 Å². The number of amides is 1. The van der Waals surface area contributed by atoms with Crippen molar-refractivity contribution in [1.82, 2.24) is 15.3 Å². The second kappa shape index (κ2) is 11.2. The van der Waals surface area contributed by atoms with Crippen LogP contribution in [0.5, 0.6) is 0 Å². The van der Waals surface area contributed by atoms with Crippen LogP contribution in [-0.2, 0) is 6.54 Å². The van der Waals surface area contributed by atoms with Crippen LogP contribution in [-0.4, -0.2) is 35.1 Å². The second-order valence-corrected chi connectivity index (χ2v) is 8.55. The van der Waals surface area contributed by atoms with Crippen LogP contribution in [0.4, 0.5) is 20.2 Å². The molecule has 1 aliphatic rings. The van der Waals surface area contributed by atoms with Gasteiger partial charge in [-0.25, -0.2) is 19.2 Å². The van der Waals surface area contributed by atoms with Crippen LogP contribution in [0.15, 0.2) is 65.9 Å². The fraction of sp³-hybridized carbons (Fsp3) is 0.240. The number of hydrogen-bond donors (Lipinski definition) is 2. The van der Waals surface area contributed by atoms with E-state index in [1.54, 1.807) is 12.3 Å². The van der Waals surface area contributed by atoms with E-state index in [-0.39, 0.29) is 17.3 Å². The number of likely N-dealkylation sites (tertiary alicyclic amines) is 1. The summed E-state index contributed by atoms with van der Waals surface area (Å²) in [4.78, 5) is 18.8. The molecule has 2 aromatic carbocycles. The lowest BCUT2D eigenvalue weighted by atomic mass is 9.98. The quantitative estimate of drug-likeness (QED) is 0.349. The Bertz CT molecular complexity index is 1140. The summed E-state index contributed by atoms with van der Waals surface area (Å²) in [5.74, 6) is -1.52. The SMILES string of the molecule is O=C(N/N=C/C1CCN(Cc2ccccc2Cl)CC1)c1ccc(Nc2cc(F)cc(F)c2)cn1. The molecule has 176 valence electrons. The molecule has 1 saturated heterocycles. The van der Waals surface area contributed by atoms with E-state index >= 15 is 0 Å². The molecule has 0 atom stereocenters. The van der Waals surface area contributed by atoms with Crippen molar-refractivity contribution in [1.29, 1.82) is 0 Å². The molecule has 1 amide bonds. The fourth-order valence-electron chi connectivity index (χ4n) is 3.78. The van der Waals surface area contributed by atoms with Gasteiger partial charge in [-0.3, -0.25) is 9.69 Å². The van der Waals surface area contributed by atoms with Crippen LogP contribution in [0.1, 0.15) is 28.9 Å². The van der Waals surface area contributed by atoms with Gasteiger partial charge >= 0.3 is 0 Å². The van der Waals surface area contributed by atoms with Gasteiger partial charge in [-0.15, -0.1) is 0 Å². The minimum absolute atomic E-state index is 0.183. The largest absolute Gasteiger partial charge is 0.354 e. The van der Waals surface area contributed by atoms with E-state index in [0.29, 0.717) is 5.69 Å². The molecule has 1 aromatic heterocycles. The van der Waals surface area contributed by atoms with E-state index in [2.05, 4.69) is 25.7 Å². The number of nitrogens with zero attached hydrogens (tertiary/aromatic N) is 3. The van der Waals surface area contributed by atoms with Crippen LogP contribution >= 0.6 is 11.6 Å². The molecule has 0 radical (unpaired) electrons. The van der Waals surface area contributed by atoms with Crippen molar-refractivity contribution >= 4 is 35.1 Å². The number of benzene rings is 2.